The molecule has 0 bridgehead atoms. The van der Waals surface area contributed by atoms with Crippen LogP contribution in [0.2, 0.25) is 0 Å². The molecule has 7 heteroatoms. The lowest BCUT2D eigenvalue weighted by Crippen LogP contribution is -2.48. The fourth-order valence-corrected chi connectivity index (χ4v) is 3.84. The van der Waals surface area contributed by atoms with Crippen molar-refractivity contribution in [3.8, 4) is 5.75 Å². The molecule has 3 rings (SSSR count). The Balaban J connectivity index is 0.00000272. The van der Waals surface area contributed by atoms with Gasteiger partial charge in [-0.25, -0.2) is 0 Å². The highest BCUT2D eigenvalue weighted by molar-refractivity contribution is 5.96. The van der Waals surface area contributed by atoms with E-state index in [-0.39, 0.29) is 36.7 Å². The van der Waals surface area contributed by atoms with Crippen molar-refractivity contribution < 1.29 is 14.3 Å². The molecule has 1 heterocycles. The molecule has 0 aliphatic carbocycles. The van der Waals surface area contributed by atoms with Crippen LogP contribution >= 0.6 is 24.8 Å². The number of carbonyl (C=O) groups is 1. The molecule has 2 aromatic carbocycles. The minimum atomic E-state index is 0. The van der Waals surface area contributed by atoms with Crippen LogP contribution in [0.3, 0.4) is 0 Å². The van der Waals surface area contributed by atoms with Gasteiger partial charge in [-0.05, 0) is 35.7 Å². The molecular weight excluding hydrogens is 459 g/mol. The SMILES string of the molecule is COc1ccc(C(=O)CCN2CCN(CC(OCC(C)C)c3ccccc3)CC2)cc1.Cl.Cl. The molecule has 5 nitrogen and oxygen atoms in total. The molecule has 2 aromatic rings. The zero-order valence-corrected chi connectivity index (χ0v) is 21.6. The van der Waals surface area contributed by atoms with Gasteiger partial charge < -0.3 is 14.4 Å². The average Bonchev–Trinajstić information content (AvgIpc) is 2.81. The first-order valence-corrected chi connectivity index (χ1v) is 11.3. The fraction of sp³-hybridized carbons (Fsp3) is 0.500. The summed E-state index contributed by atoms with van der Waals surface area (Å²) >= 11 is 0. The summed E-state index contributed by atoms with van der Waals surface area (Å²) in [5.74, 6) is 1.49. The molecule has 0 amide bonds. The summed E-state index contributed by atoms with van der Waals surface area (Å²) in [6.07, 6.45) is 0.656. The van der Waals surface area contributed by atoms with Crippen LogP contribution in [0.15, 0.2) is 54.6 Å². The van der Waals surface area contributed by atoms with E-state index in [1.807, 2.05) is 24.3 Å². The number of Topliss-reactive ketones (excluding diaryl/α,β-unsaturated/α-hetero) is 1. The van der Waals surface area contributed by atoms with E-state index in [1.165, 1.54) is 5.56 Å². The van der Waals surface area contributed by atoms with E-state index >= 15 is 0 Å². The highest BCUT2D eigenvalue weighted by Crippen LogP contribution is 2.21. The number of piperazine rings is 1. The third-order valence-electron chi connectivity index (χ3n) is 5.76. The van der Waals surface area contributed by atoms with Crippen LogP contribution in [-0.2, 0) is 4.74 Å². The van der Waals surface area contributed by atoms with Crippen LogP contribution in [0.25, 0.3) is 0 Å². The number of ketones is 1. The molecule has 1 unspecified atom stereocenters. The molecular formula is C26H38Cl2N2O3. The van der Waals surface area contributed by atoms with Crippen LogP contribution in [0.1, 0.15) is 42.3 Å². The Kier molecular flexibility index (Phi) is 13.6. The predicted octanol–water partition coefficient (Wildman–Crippen LogP) is 5.14. The quantitative estimate of drug-likeness (QED) is 0.402. The van der Waals surface area contributed by atoms with E-state index in [0.29, 0.717) is 12.3 Å². The molecule has 0 spiro atoms. The predicted molar refractivity (Wildman–Crippen MR) is 139 cm³/mol. The minimum Gasteiger partial charge on any atom is -0.497 e. The molecule has 1 aliphatic heterocycles. The van der Waals surface area contributed by atoms with Gasteiger partial charge in [0, 0.05) is 57.9 Å². The second kappa shape index (κ2) is 15.3. The molecule has 0 aromatic heterocycles. The third-order valence-corrected chi connectivity index (χ3v) is 5.76. The van der Waals surface area contributed by atoms with Crippen molar-refractivity contribution in [1.82, 2.24) is 9.80 Å². The molecule has 1 atom stereocenters. The number of benzene rings is 2. The highest BCUT2D eigenvalue weighted by atomic mass is 35.5. The molecule has 0 N–H and O–H groups in total. The second-order valence-corrected chi connectivity index (χ2v) is 8.67. The second-order valence-electron chi connectivity index (χ2n) is 8.67. The molecule has 33 heavy (non-hydrogen) atoms. The Hall–Kier alpha value is -1.63. The van der Waals surface area contributed by atoms with E-state index in [0.717, 1.165) is 57.2 Å². The lowest BCUT2D eigenvalue weighted by molar-refractivity contribution is 0.000654. The van der Waals surface area contributed by atoms with Crippen molar-refractivity contribution in [3.63, 3.8) is 0 Å². The van der Waals surface area contributed by atoms with Gasteiger partial charge >= 0.3 is 0 Å². The first kappa shape index (κ1) is 29.4. The van der Waals surface area contributed by atoms with Gasteiger partial charge in [-0.2, -0.15) is 0 Å². The summed E-state index contributed by atoms with van der Waals surface area (Å²) in [6.45, 7) is 10.9. The lowest BCUT2D eigenvalue weighted by atomic mass is 10.1. The maximum atomic E-state index is 12.5. The van der Waals surface area contributed by atoms with Crippen LogP contribution < -0.4 is 4.74 Å². The summed E-state index contributed by atoms with van der Waals surface area (Å²) < 4.78 is 11.4. The molecule has 0 radical (unpaired) electrons. The number of rotatable bonds is 11. The number of hydrogen-bond donors (Lipinski definition) is 0. The number of methoxy groups -OCH3 is 1. The number of nitrogens with zero attached hydrogens (tertiary/aromatic N) is 2. The zero-order chi connectivity index (χ0) is 22.1. The maximum Gasteiger partial charge on any atom is 0.164 e. The van der Waals surface area contributed by atoms with Gasteiger partial charge in [-0.1, -0.05) is 44.2 Å². The van der Waals surface area contributed by atoms with E-state index in [4.69, 9.17) is 9.47 Å². The summed E-state index contributed by atoms with van der Waals surface area (Å²) in [7, 11) is 1.63. The molecule has 1 fully saturated rings. The Morgan fingerprint density at radius 1 is 0.909 bits per heavy atom. The van der Waals surface area contributed by atoms with Crippen LogP contribution in [0.5, 0.6) is 5.75 Å². The highest BCUT2D eigenvalue weighted by Gasteiger charge is 2.22. The maximum absolute atomic E-state index is 12.5. The molecule has 1 aliphatic rings. The van der Waals surface area contributed by atoms with Crippen molar-refractivity contribution in [2.45, 2.75) is 26.4 Å². The number of hydrogen-bond acceptors (Lipinski definition) is 5. The largest absolute Gasteiger partial charge is 0.497 e. The Bertz CT molecular complexity index is 795. The Labute approximate surface area is 211 Å². The van der Waals surface area contributed by atoms with Gasteiger partial charge in [0.25, 0.3) is 0 Å². The van der Waals surface area contributed by atoms with Gasteiger partial charge in [0.1, 0.15) is 5.75 Å². The van der Waals surface area contributed by atoms with Crippen LogP contribution in [0.4, 0.5) is 0 Å². The van der Waals surface area contributed by atoms with Crippen molar-refractivity contribution in [2.24, 2.45) is 5.92 Å². The van der Waals surface area contributed by atoms with Crippen molar-refractivity contribution in [1.29, 1.82) is 0 Å². The summed E-state index contributed by atoms with van der Waals surface area (Å²) in [5, 5.41) is 0. The van der Waals surface area contributed by atoms with E-state index in [1.54, 1.807) is 7.11 Å². The van der Waals surface area contributed by atoms with Crippen molar-refractivity contribution in [3.05, 3.63) is 65.7 Å². The standard InChI is InChI=1S/C26H36N2O3.2ClH/c1-21(2)20-31-26(23-7-5-4-6-8-23)19-28-17-15-27(16-18-28)14-13-25(29)22-9-11-24(30-3)12-10-22;;/h4-12,21,26H,13-20H2,1-3H3;2*1H. The van der Waals surface area contributed by atoms with Gasteiger partial charge in [0.2, 0.25) is 0 Å². The first-order valence-electron chi connectivity index (χ1n) is 11.3. The number of halogens is 2. The minimum absolute atomic E-state index is 0. The van der Waals surface area contributed by atoms with Crippen LogP contribution in [0, 0.1) is 5.92 Å². The van der Waals surface area contributed by atoms with E-state index < -0.39 is 0 Å². The Morgan fingerprint density at radius 3 is 2.09 bits per heavy atom. The molecule has 0 saturated carbocycles. The van der Waals surface area contributed by atoms with Gasteiger partial charge in [0.05, 0.1) is 13.2 Å². The molecule has 184 valence electrons. The van der Waals surface area contributed by atoms with Gasteiger partial charge in [-0.15, -0.1) is 24.8 Å². The van der Waals surface area contributed by atoms with E-state index in [2.05, 4.69) is 54.0 Å². The zero-order valence-electron chi connectivity index (χ0n) is 19.9. The number of carbonyl (C=O) groups excluding carboxylic acids is 1. The first-order chi connectivity index (χ1) is 15.0. The normalized spacial score (nSPS) is 15.4. The monoisotopic (exact) mass is 496 g/mol. The van der Waals surface area contributed by atoms with Gasteiger partial charge in [-0.3, -0.25) is 9.69 Å². The van der Waals surface area contributed by atoms with Crippen molar-refractivity contribution >= 4 is 30.6 Å². The third kappa shape index (κ3) is 9.63. The lowest BCUT2D eigenvalue weighted by Gasteiger charge is -2.36. The number of ether oxygens (including phenoxy) is 2. The topological polar surface area (TPSA) is 42.0 Å². The Morgan fingerprint density at radius 2 is 1.52 bits per heavy atom. The molecule has 1 saturated heterocycles. The van der Waals surface area contributed by atoms with Crippen LogP contribution in [-0.4, -0.2) is 68.6 Å². The van der Waals surface area contributed by atoms with Gasteiger partial charge in [0.15, 0.2) is 5.78 Å². The average molecular weight is 498 g/mol. The van der Waals surface area contributed by atoms with E-state index in [9.17, 15) is 4.79 Å². The summed E-state index contributed by atoms with van der Waals surface area (Å²) in [4.78, 5) is 17.4. The summed E-state index contributed by atoms with van der Waals surface area (Å²) in [5.41, 5.74) is 2.00. The summed E-state index contributed by atoms with van der Waals surface area (Å²) in [6, 6.07) is 17.9. The fourth-order valence-electron chi connectivity index (χ4n) is 3.84. The smallest absolute Gasteiger partial charge is 0.164 e. The van der Waals surface area contributed by atoms with Crippen molar-refractivity contribution in [2.75, 3.05) is 53.0 Å².